The minimum atomic E-state index is -0.916. The highest BCUT2D eigenvalue weighted by Crippen LogP contribution is 2.45. The topological polar surface area (TPSA) is 49.8 Å². The van der Waals surface area contributed by atoms with Crippen LogP contribution in [0.1, 0.15) is 48.7 Å². The first-order valence-electron chi connectivity index (χ1n) is 9.63. The first kappa shape index (κ1) is 19.7. The Balaban J connectivity index is 1.68. The normalized spacial score (nSPS) is 18.0. The third-order valence-electron chi connectivity index (χ3n) is 5.12. The molecule has 1 atom stereocenters. The highest BCUT2D eigenvalue weighted by molar-refractivity contribution is 5.87. The number of anilines is 1. The molecule has 2 aromatic carbocycles. The summed E-state index contributed by atoms with van der Waals surface area (Å²) in [5, 5.41) is 8.94. The largest absolute Gasteiger partial charge is 0.478 e. The van der Waals surface area contributed by atoms with Crippen LogP contribution in [0.4, 0.5) is 5.69 Å². The summed E-state index contributed by atoms with van der Waals surface area (Å²) in [6, 6.07) is 15.3. The molecule has 1 aliphatic rings. The van der Waals surface area contributed by atoms with Crippen LogP contribution in [0.3, 0.4) is 0 Å². The van der Waals surface area contributed by atoms with E-state index in [1.807, 2.05) is 18.2 Å². The number of hydrogen-bond acceptors (Lipinski definition) is 3. The number of aromatic carboxylic acids is 1. The van der Waals surface area contributed by atoms with Gasteiger partial charge in [-0.1, -0.05) is 63.3 Å². The van der Waals surface area contributed by atoms with E-state index in [9.17, 15) is 4.79 Å². The Morgan fingerprint density at radius 1 is 1.14 bits per heavy atom. The van der Waals surface area contributed by atoms with Gasteiger partial charge in [0.25, 0.3) is 0 Å². The zero-order chi connectivity index (χ0) is 20.1. The van der Waals surface area contributed by atoms with Crippen molar-refractivity contribution in [2.45, 2.75) is 38.8 Å². The molecule has 1 unspecified atom stereocenters. The summed E-state index contributed by atoms with van der Waals surface area (Å²) in [6.07, 6.45) is 8.43. The number of carbonyl (C=O) groups is 1. The molecular weight excluding hydrogens is 350 g/mol. The number of ether oxygens (including phenoxy) is 1. The molecular formula is C24H27NO3. The van der Waals surface area contributed by atoms with E-state index in [1.165, 1.54) is 11.3 Å². The molecule has 146 valence electrons. The molecule has 1 N–H and O–H groups in total. The average molecular weight is 377 g/mol. The van der Waals surface area contributed by atoms with E-state index in [1.54, 1.807) is 30.5 Å². The van der Waals surface area contributed by atoms with E-state index in [2.05, 4.69) is 49.9 Å². The van der Waals surface area contributed by atoms with Crippen molar-refractivity contribution in [3.63, 3.8) is 0 Å². The number of para-hydroxylation sites is 1. The number of fused-ring (bicyclic) bond motifs is 1. The minimum absolute atomic E-state index is 0.0515. The molecule has 4 heteroatoms. The van der Waals surface area contributed by atoms with E-state index in [4.69, 9.17) is 9.84 Å². The Labute approximate surface area is 166 Å². The van der Waals surface area contributed by atoms with Gasteiger partial charge >= 0.3 is 5.97 Å². The van der Waals surface area contributed by atoms with Crippen LogP contribution < -0.4 is 4.90 Å². The molecule has 0 saturated heterocycles. The van der Waals surface area contributed by atoms with Gasteiger partial charge in [-0.05, 0) is 41.8 Å². The molecule has 0 spiro atoms. The summed E-state index contributed by atoms with van der Waals surface area (Å²) in [6.45, 7) is 7.57. The maximum atomic E-state index is 10.9. The molecule has 4 nitrogen and oxygen atoms in total. The second-order valence-corrected chi connectivity index (χ2v) is 7.54. The predicted molar refractivity (Wildman–Crippen MR) is 114 cm³/mol. The summed E-state index contributed by atoms with van der Waals surface area (Å²) in [7, 11) is 0. The lowest BCUT2D eigenvalue weighted by Gasteiger charge is -2.33. The molecule has 28 heavy (non-hydrogen) atoms. The summed E-state index contributed by atoms with van der Waals surface area (Å²) in [5.41, 5.74) is 3.69. The SMILES string of the molecule is CCCN1c2ccccc2C(C)(C)C1O/C=C/C=C/c1ccc(C(=O)O)cc1. The van der Waals surface area contributed by atoms with Crippen molar-refractivity contribution in [2.75, 3.05) is 11.4 Å². The number of nitrogens with zero attached hydrogens (tertiary/aromatic N) is 1. The molecule has 1 heterocycles. The molecule has 0 amide bonds. The molecule has 0 fully saturated rings. The van der Waals surface area contributed by atoms with Gasteiger partial charge in [-0.25, -0.2) is 4.79 Å². The zero-order valence-corrected chi connectivity index (χ0v) is 16.6. The van der Waals surface area contributed by atoms with Gasteiger partial charge in [0.15, 0.2) is 6.23 Å². The number of hydrogen-bond donors (Lipinski definition) is 1. The van der Waals surface area contributed by atoms with Gasteiger partial charge in [-0.3, -0.25) is 0 Å². The molecule has 0 bridgehead atoms. The number of allylic oxidation sites excluding steroid dienone is 2. The van der Waals surface area contributed by atoms with E-state index < -0.39 is 5.97 Å². The minimum Gasteiger partial charge on any atom is -0.478 e. The Bertz CT molecular complexity index is 881. The lowest BCUT2D eigenvalue weighted by molar-refractivity contribution is 0.0697. The highest BCUT2D eigenvalue weighted by atomic mass is 16.5. The van der Waals surface area contributed by atoms with E-state index >= 15 is 0 Å². The predicted octanol–water partition coefficient (Wildman–Crippen LogP) is 5.46. The molecule has 0 saturated carbocycles. The van der Waals surface area contributed by atoms with Crippen LogP contribution in [0, 0.1) is 0 Å². The van der Waals surface area contributed by atoms with Crippen LogP contribution in [0.5, 0.6) is 0 Å². The van der Waals surface area contributed by atoms with Gasteiger partial charge in [-0.2, -0.15) is 0 Å². The van der Waals surface area contributed by atoms with Crippen molar-refractivity contribution in [3.05, 3.63) is 83.6 Å². The van der Waals surface area contributed by atoms with Crippen LogP contribution >= 0.6 is 0 Å². The highest BCUT2D eigenvalue weighted by Gasteiger charge is 2.45. The maximum absolute atomic E-state index is 10.9. The van der Waals surface area contributed by atoms with Crippen LogP contribution in [0.15, 0.2) is 66.9 Å². The fourth-order valence-electron chi connectivity index (χ4n) is 3.71. The summed E-state index contributed by atoms with van der Waals surface area (Å²) >= 11 is 0. The summed E-state index contributed by atoms with van der Waals surface area (Å²) < 4.78 is 6.17. The monoisotopic (exact) mass is 377 g/mol. The van der Waals surface area contributed by atoms with Crippen LogP contribution in [-0.2, 0) is 10.2 Å². The number of benzene rings is 2. The molecule has 3 rings (SSSR count). The van der Waals surface area contributed by atoms with Gasteiger partial charge in [-0.15, -0.1) is 0 Å². The second kappa shape index (κ2) is 8.34. The van der Waals surface area contributed by atoms with Gasteiger partial charge in [0.2, 0.25) is 0 Å². The van der Waals surface area contributed by atoms with Gasteiger partial charge < -0.3 is 14.7 Å². The number of rotatable bonds is 7. The molecule has 0 aromatic heterocycles. The lowest BCUT2D eigenvalue weighted by Crippen LogP contribution is -2.43. The van der Waals surface area contributed by atoms with Crippen molar-refractivity contribution >= 4 is 17.7 Å². The van der Waals surface area contributed by atoms with Gasteiger partial charge in [0, 0.05) is 17.6 Å². The van der Waals surface area contributed by atoms with E-state index in [0.717, 1.165) is 18.5 Å². The zero-order valence-electron chi connectivity index (χ0n) is 16.6. The first-order chi connectivity index (χ1) is 13.4. The quantitative estimate of drug-likeness (QED) is 0.514. The Kier molecular flexibility index (Phi) is 5.88. The van der Waals surface area contributed by atoms with Crippen LogP contribution in [0.25, 0.3) is 6.08 Å². The van der Waals surface area contributed by atoms with Crippen molar-refractivity contribution in [1.82, 2.24) is 0 Å². The number of carboxylic acids is 1. The Morgan fingerprint density at radius 3 is 2.54 bits per heavy atom. The van der Waals surface area contributed by atoms with E-state index in [0.29, 0.717) is 0 Å². The second-order valence-electron chi connectivity index (χ2n) is 7.54. The molecule has 0 radical (unpaired) electrons. The summed E-state index contributed by atoms with van der Waals surface area (Å²) in [5.74, 6) is -0.916. The lowest BCUT2D eigenvalue weighted by atomic mass is 9.85. The smallest absolute Gasteiger partial charge is 0.335 e. The van der Waals surface area contributed by atoms with Crippen LogP contribution in [0.2, 0.25) is 0 Å². The fraction of sp³-hybridized carbons (Fsp3) is 0.292. The molecule has 2 aromatic rings. The molecule has 0 aliphatic carbocycles. The number of carboxylic acid groups (broad SMARTS) is 1. The maximum Gasteiger partial charge on any atom is 0.335 e. The third-order valence-corrected chi connectivity index (χ3v) is 5.12. The van der Waals surface area contributed by atoms with Crippen LogP contribution in [-0.4, -0.2) is 23.8 Å². The third kappa shape index (κ3) is 3.96. The average Bonchev–Trinajstić information content (AvgIpc) is 2.90. The Hall–Kier alpha value is -3.01. The van der Waals surface area contributed by atoms with Crippen molar-refractivity contribution in [1.29, 1.82) is 0 Å². The standard InChI is InChI=1S/C24H27NO3/c1-4-16-25-21-11-6-5-10-20(21)24(2,3)23(25)28-17-8-7-9-18-12-14-19(15-13-18)22(26)27/h5-15,17,23H,4,16H2,1-3H3,(H,26,27)/b9-7+,17-8+. The van der Waals surface area contributed by atoms with E-state index in [-0.39, 0.29) is 17.2 Å². The van der Waals surface area contributed by atoms with Crippen molar-refractivity contribution < 1.29 is 14.6 Å². The van der Waals surface area contributed by atoms with Gasteiger partial charge in [0.1, 0.15) is 0 Å². The van der Waals surface area contributed by atoms with Crippen molar-refractivity contribution in [3.8, 4) is 0 Å². The molecule has 1 aliphatic heterocycles. The Morgan fingerprint density at radius 2 is 1.86 bits per heavy atom. The van der Waals surface area contributed by atoms with Gasteiger partial charge in [0.05, 0.1) is 11.8 Å². The fourth-order valence-corrected chi connectivity index (χ4v) is 3.71. The van der Waals surface area contributed by atoms with Crippen molar-refractivity contribution in [2.24, 2.45) is 0 Å². The summed E-state index contributed by atoms with van der Waals surface area (Å²) in [4.78, 5) is 13.2. The first-order valence-corrected chi connectivity index (χ1v) is 9.63.